The molecule has 1 N–H and O–H groups in total. The van der Waals surface area contributed by atoms with Gasteiger partial charge >= 0.3 is 12.1 Å². The Bertz CT molecular complexity index is 541. The third-order valence-corrected chi connectivity index (χ3v) is 2.70. The fraction of sp³-hybridized carbons (Fsp3) is 0.467. The summed E-state index contributed by atoms with van der Waals surface area (Å²) in [6.45, 7) is 2.09. The van der Waals surface area contributed by atoms with E-state index < -0.39 is 31.2 Å². The van der Waals surface area contributed by atoms with Gasteiger partial charge in [0.2, 0.25) is 0 Å². The lowest BCUT2D eigenvalue weighted by Gasteiger charge is -2.22. The molecule has 0 saturated heterocycles. The van der Waals surface area contributed by atoms with Crippen LogP contribution in [0.15, 0.2) is 24.3 Å². The third-order valence-electron chi connectivity index (χ3n) is 2.70. The van der Waals surface area contributed by atoms with Crippen molar-refractivity contribution in [3.8, 4) is 5.75 Å². The predicted molar refractivity (Wildman–Crippen MR) is 76.4 cm³/mol. The first-order chi connectivity index (χ1) is 10.6. The van der Waals surface area contributed by atoms with Gasteiger partial charge in [-0.15, -0.1) is 0 Å². The van der Waals surface area contributed by atoms with Crippen LogP contribution < -0.4 is 4.74 Å². The van der Waals surface area contributed by atoms with Gasteiger partial charge in [-0.2, -0.15) is 13.2 Å². The van der Waals surface area contributed by atoms with Crippen molar-refractivity contribution in [1.82, 2.24) is 4.90 Å². The van der Waals surface area contributed by atoms with Gasteiger partial charge in [-0.1, -0.05) is 13.8 Å². The van der Waals surface area contributed by atoms with Crippen molar-refractivity contribution < 1.29 is 32.6 Å². The molecule has 0 fully saturated rings. The summed E-state index contributed by atoms with van der Waals surface area (Å²) < 4.78 is 40.7. The molecule has 1 amide bonds. The van der Waals surface area contributed by atoms with Crippen molar-refractivity contribution in [2.75, 3.05) is 19.7 Å². The van der Waals surface area contributed by atoms with Crippen LogP contribution in [-0.2, 0) is 4.79 Å². The number of nitrogens with zero attached hydrogens (tertiary/aromatic N) is 1. The Morgan fingerprint density at radius 1 is 1.22 bits per heavy atom. The molecule has 128 valence electrons. The molecule has 1 aromatic rings. The highest BCUT2D eigenvalue weighted by Gasteiger charge is 2.28. The van der Waals surface area contributed by atoms with E-state index in [1.54, 1.807) is 0 Å². The smallest absolute Gasteiger partial charge is 0.422 e. The highest BCUT2D eigenvalue weighted by atomic mass is 19.4. The molecule has 0 radical (unpaired) electrons. The van der Waals surface area contributed by atoms with Crippen LogP contribution in [0.5, 0.6) is 5.75 Å². The zero-order chi connectivity index (χ0) is 17.6. The van der Waals surface area contributed by atoms with E-state index in [4.69, 9.17) is 5.11 Å². The number of amides is 1. The summed E-state index contributed by atoms with van der Waals surface area (Å²) in [4.78, 5) is 24.3. The standard InChI is InChI=1S/C15H18F3NO4/c1-10(2)7-19(8-13(20)21)14(22)11-3-5-12(6-4-11)23-9-15(16,17)18/h3-6,10H,7-9H2,1-2H3,(H,20,21). The van der Waals surface area contributed by atoms with E-state index in [9.17, 15) is 22.8 Å². The van der Waals surface area contributed by atoms with Gasteiger partial charge in [0.1, 0.15) is 12.3 Å². The lowest BCUT2D eigenvalue weighted by Crippen LogP contribution is -2.38. The van der Waals surface area contributed by atoms with Crippen molar-refractivity contribution in [3.63, 3.8) is 0 Å². The molecule has 0 unspecified atom stereocenters. The second-order valence-electron chi connectivity index (χ2n) is 5.40. The molecule has 5 nitrogen and oxygen atoms in total. The lowest BCUT2D eigenvalue weighted by atomic mass is 10.1. The number of alkyl halides is 3. The fourth-order valence-corrected chi connectivity index (χ4v) is 1.86. The third kappa shape index (κ3) is 7.03. The van der Waals surface area contributed by atoms with E-state index >= 15 is 0 Å². The van der Waals surface area contributed by atoms with E-state index in [1.807, 2.05) is 13.8 Å². The number of halogens is 3. The van der Waals surface area contributed by atoms with Crippen LogP contribution >= 0.6 is 0 Å². The molecule has 0 aromatic heterocycles. The van der Waals surface area contributed by atoms with Gasteiger partial charge in [0.05, 0.1) is 0 Å². The Morgan fingerprint density at radius 2 is 1.78 bits per heavy atom. The molecule has 0 saturated carbocycles. The molecule has 0 aliphatic rings. The number of ether oxygens (including phenoxy) is 1. The fourth-order valence-electron chi connectivity index (χ4n) is 1.86. The SMILES string of the molecule is CC(C)CN(CC(=O)O)C(=O)c1ccc(OCC(F)(F)F)cc1. The first-order valence-corrected chi connectivity index (χ1v) is 6.89. The van der Waals surface area contributed by atoms with Crippen molar-refractivity contribution in [2.45, 2.75) is 20.0 Å². The van der Waals surface area contributed by atoms with Gasteiger partial charge in [-0.3, -0.25) is 9.59 Å². The predicted octanol–water partition coefficient (Wildman–Crippen LogP) is 2.81. The monoisotopic (exact) mass is 333 g/mol. The van der Waals surface area contributed by atoms with E-state index in [-0.39, 0.29) is 23.8 Å². The summed E-state index contributed by atoms with van der Waals surface area (Å²) in [6.07, 6.45) is -4.44. The largest absolute Gasteiger partial charge is 0.484 e. The molecule has 0 aliphatic heterocycles. The van der Waals surface area contributed by atoms with Crippen molar-refractivity contribution in [1.29, 1.82) is 0 Å². The molecule has 1 rings (SSSR count). The Hall–Kier alpha value is -2.25. The quantitative estimate of drug-likeness (QED) is 0.833. The van der Waals surface area contributed by atoms with Gasteiger partial charge in [-0.05, 0) is 30.2 Å². The molecule has 0 spiro atoms. The van der Waals surface area contributed by atoms with Gasteiger partial charge in [-0.25, -0.2) is 0 Å². The minimum Gasteiger partial charge on any atom is -0.484 e. The maximum atomic E-state index is 12.3. The summed E-state index contributed by atoms with van der Waals surface area (Å²) in [5.41, 5.74) is 0.186. The van der Waals surface area contributed by atoms with Crippen LogP contribution in [-0.4, -0.2) is 47.8 Å². The summed E-state index contributed by atoms with van der Waals surface area (Å²) >= 11 is 0. The second kappa shape index (κ2) is 7.85. The molecular weight excluding hydrogens is 315 g/mol. The van der Waals surface area contributed by atoms with Crippen LogP contribution in [0.4, 0.5) is 13.2 Å². The van der Waals surface area contributed by atoms with Gasteiger partial charge in [0.15, 0.2) is 6.61 Å². The van der Waals surface area contributed by atoms with Crippen molar-refractivity contribution in [3.05, 3.63) is 29.8 Å². The Labute approximate surface area is 131 Å². The molecule has 0 heterocycles. The Kier molecular flexibility index (Phi) is 6.41. The van der Waals surface area contributed by atoms with Gasteiger partial charge in [0.25, 0.3) is 5.91 Å². The van der Waals surface area contributed by atoms with Crippen molar-refractivity contribution in [2.24, 2.45) is 5.92 Å². The lowest BCUT2D eigenvalue weighted by molar-refractivity contribution is -0.153. The average Bonchev–Trinajstić information content (AvgIpc) is 2.42. The zero-order valence-corrected chi connectivity index (χ0v) is 12.8. The maximum Gasteiger partial charge on any atom is 0.422 e. The molecule has 8 heteroatoms. The number of hydrogen-bond acceptors (Lipinski definition) is 3. The highest BCUT2D eigenvalue weighted by Crippen LogP contribution is 2.19. The Morgan fingerprint density at radius 3 is 2.22 bits per heavy atom. The molecule has 0 atom stereocenters. The normalized spacial score (nSPS) is 11.4. The summed E-state index contributed by atoms with van der Waals surface area (Å²) in [5, 5.41) is 8.86. The van der Waals surface area contributed by atoms with Crippen LogP contribution in [0, 0.1) is 5.92 Å². The van der Waals surface area contributed by atoms with Gasteiger partial charge < -0.3 is 14.7 Å². The minimum atomic E-state index is -4.44. The topological polar surface area (TPSA) is 66.8 Å². The maximum absolute atomic E-state index is 12.3. The first-order valence-electron chi connectivity index (χ1n) is 6.89. The molecule has 1 aromatic carbocycles. The Balaban J connectivity index is 2.79. The summed E-state index contributed by atoms with van der Waals surface area (Å²) in [6, 6.07) is 5.10. The zero-order valence-electron chi connectivity index (χ0n) is 12.8. The number of benzene rings is 1. The van der Waals surface area contributed by atoms with E-state index in [0.29, 0.717) is 0 Å². The number of carbonyl (C=O) groups is 2. The number of hydrogen-bond donors (Lipinski definition) is 1. The van der Waals surface area contributed by atoms with Crippen LogP contribution in [0.3, 0.4) is 0 Å². The number of aliphatic carboxylic acids is 1. The number of rotatable bonds is 7. The highest BCUT2D eigenvalue weighted by molar-refractivity contribution is 5.95. The molecular formula is C15H18F3NO4. The van der Waals surface area contributed by atoms with Crippen LogP contribution in [0.2, 0.25) is 0 Å². The number of carbonyl (C=O) groups excluding carboxylic acids is 1. The van der Waals surface area contributed by atoms with Crippen LogP contribution in [0.25, 0.3) is 0 Å². The summed E-state index contributed by atoms with van der Waals surface area (Å²) in [7, 11) is 0. The van der Waals surface area contributed by atoms with Gasteiger partial charge in [0, 0.05) is 12.1 Å². The number of carboxylic acids is 1. The average molecular weight is 333 g/mol. The molecule has 23 heavy (non-hydrogen) atoms. The molecule has 0 bridgehead atoms. The molecule has 0 aliphatic carbocycles. The van der Waals surface area contributed by atoms with E-state index in [0.717, 1.165) is 0 Å². The van der Waals surface area contributed by atoms with E-state index in [2.05, 4.69) is 4.74 Å². The second-order valence-corrected chi connectivity index (χ2v) is 5.40. The van der Waals surface area contributed by atoms with Crippen LogP contribution in [0.1, 0.15) is 24.2 Å². The van der Waals surface area contributed by atoms with Crippen molar-refractivity contribution >= 4 is 11.9 Å². The minimum absolute atomic E-state index is 0.0208. The first kappa shape index (κ1) is 18.8. The van der Waals surface area contributed by atoms with E-state index in [1.165, 1.54) is 29.2 Å². The number of carboxylic acid groups (broad SMARTS) is 1. The summed E-state index contributed by atoms with van der Waals surface area (Å²) in [5.74, 6) is -1.58.